The summed E-state index contributed by atoms with van der Waals surface area (Å²) in [5.74, 6) is 3.27. The second-order valence-corrected chi connectivity index (χ2v) is 5.70. The Hall–Kier alpha value is -1.07. The molecule has 5 heteroatoms. The van der Waals surface area contributed by atoms with Crippen molar-refractivity contribution < 1.29 is 0 Å². The van der Waals surface area contributed by atoms with Crippen LogP contribution in [0.3, 0.4) is 0 Å². The maximum absolute atomic E-state index is 5.29. The van der Waals surface area contributed by atoms with Gasteiger partial charge in [-0.15, -0.1) is 0 Å². The maximum Gasteiger partial charge on any atom is 0.195 e. The van der Waals surface area contributed by atoms with Gasteiger partial charge in [0.2, 0.25) is 0 Å². The summed E-state index contributed by atoms with van der Waals surface area (Å²) in [7, 11) is 0. The van der Waals surface area contributed by atoms with Crippen molar-refractivity contribution in [2.75, 3.05) is 11.5 Å². The van der Waals surface area contributed by atoms with Crippen molar-refractivity contribution in [1.29, 1.82) is 0 Å². The number of rotatable bonds is 6. The van der Waals surface area contributed by atoms with Crippen LogP contribution in [0.15, 0.2) is 30.3 Å². The van der Waals surface area contributed by atoms with Crippen molar-refractivity contribution in [2.45, 2.75) is 19.9 Å². The number of benzene rings is 1. The van der Waals surface area contributed by atoms with Crippen LogP contribution < -0.4 is 0 Å². The van der Waals surface area contributed by atoms with E-state index < -0.39 is 0 Å². The van der Waals surface area contributed by atoms with Gasteiger partial charge in [0.1, 0.15) is 0 Å². The monoisotopic (exact) mass is 279 g/mol. The molecule has 1 aromatic carbocycles. The van der Waals surface area contributed by atoms with E-state index in [9.17, 15) is 0 Å². The van der Waals surface area contributed by atoms with Crippen molar-refractivity contribution >= 4 is 24.0 Å². The SMILES string of the molecule is CCSCCCn1c(-c2ccccc2)n[nH]c1=S. The summed E-state index contributed by atoms with van der Waals surface area (Å²) in [4.78, 5) is 0. The molecule has 0 aliphatic carbocycles. The highest BCUT2D eigenvalue weighted by Gasteiger charge is 2.07. The summed E-state index contributed by atoms with van der Waals surface area (Å²) < 4.78 is 2.79. The molecule has 96 valence electrons. The molecule has 0 amide bonds. The Balaban J connectivity index is 2.15. The van der Waals surface area contributed by atoms with Gasteiger partial charge < -0.3 is 4.57 Å². The number of aromatic amines is 1. The Morgan fingerprint density at radius 1 is 1.33 bits per heavy atom. The zero-order valence-corrected chi connectivity index (χ0v) is 12.1. The molecule has 0 aliphatic rings. The highest BCUT2D eigenvalue weighted by molar-refractivity contribution is 7.99. The molecule has 18 heavy (non-hydrogen) atoms. The van der Waals surface area contributed by atoms with Gasteiger partial charge in [-0.3, -0.25) is 5.10 Å². The lowest BCUT2D eigenvalue weighted by molar-refractivity contribution is 0.680. The first-order valence-electron chi connectivity index (χ1n) is 6.11. The van der Waals surface area contributed by atoms with E-state index in [1.54, 1.807) is 0 Å². The molecule has 0 atom stereocenters. The maximum atomic E-state index is 5.29. The van der Waals surface area contributed by atoms with Gasteiger partial charge in [-0.05, 0) is 30.1 Å². The molecule has 1 heterocycles. The number of H-pyrrole nitrogens is 1. The third-order valence-electron chi connectivity index (χ3n) is 2.66. The summed E-state index contributed by atoms with van der Waals surface area (Å²) in [5.41, 5.74) is 1.10. The third-order valence-corrected chi connectivity index (χ3v) is 3.96. The van der Waals surface area contributed by atoms with E-state index in [4.69, 9.17) is 12.2 Å². The second-order valence-electron chi connectivity index (χ2n) is 3.92. The Labute approximate surface area is 117 Å². The van der Waals surface area contributed by atoms with Crippen molar-refractivity contribution in [1.82, 2.24) is 14.8 Å². The van der Waals surface area contributed by atoms with Crippen LogP contribution in [0.5, 0.6) is 0 Å². The molecule has 0 unspecified atom stereocenters. The first-order chi connectivity index (χ1) is 8.83. The Morgan fingerprint density at radius 3 is 2.83 bits per heavy atom. The first-order valence-corrected chi connectivity index (χ1v) is 7.67. The summed E-state index contributed by atoms with van der Waals surface area (Å²) in [6.07, 6.45) is 1.12. The molecule has 0 fully saturated rings. The first kappa shape index (κ1) is 13.4. The summed E-state index contributed by atoms with van der Waals surface area (Å²) in [6, 6.07) is 10.2. The van der Waals surface area contributed by atoms with Gasteiger partial charge >= 0.3 is 0 Å². The van der Waals surface area contributed by atoms with Crippen LogP contribution in [-0.2, 0) is 6.54 Å². The molecule has 1 N–H and O–H groups in total. The van der Waals surface area contributed by atoms with Gasteiger partial charge in [0.15, 0.2) is 10.6 Å². The molecule has 3 nitrogen and oxygen atoms in total. The van der Waals surface area contributed by atoms with Gasteiger partial charge in [0.25, 0.3) is 0 Å². The number of aromatic nitrogens is 3. The lowest BCUT2D eigenvalue weighted by atomic mass is 10.2. The minimum atomic E-state index is 0.704. The summed E-state index contributed by atoms with van der Waals surface area (Å²) in [6.45, 7) is 3.11. The van der Waals surface area contributed by atoms with Crippen LogP contribution in [0.1, 0.15) is 13.3 Å². The molecular formula is C13H17N3S2. The minimum absolute atomic E-state index is 0.704. The predicted molar refractivity (Wildman–Crippen MR) is 80.5 cm³/mol. The summed E-state index contributed by atoms with van der Waals surface area (Å²) in [5, 5.41) is 7.21. The van der Waals surface area contributed by atoms with E-state index in [0.29, 0.717) is 4.77 Å². The molecule has 2 aromatic rings. The number of hydrogen-bond donors (Lipinski definition) is 1. The van der Waals surface area contributed by atoms with Crippen LogP contribution in [0, 0.1) is 4.77 Å². The van der Waals surface area contributed by atoms with E-state index in [2.05, 4.69) is 33.8 Å². The van der Waals surface area contributed by atoms with Crippen molar-refractivity contribution in [2.24, 2.45) is 0 Å². The molecule has 2 rings (SSSR count). The smallest absolute Gasteiger partial charge is 0.195 e. The Morgan fingerprint density at radius 2 is 2.11 bits per heavy atom. The van der Waals surface area contributed by atoms with Crippen molar-refractivity contribution in [3.8, 4) is 11.4 Å². The van der Waals surface area contributed by atoms with Gasteiger partial charge in [0, 0.05) is 12.1 Å². The lowest BCUT2D eigenvalue weighted by Crippen LogP contribution is -2.02. The largest absolute Gasteiger partial charge is 0.300 e. The number of nitrogens with zero attached hydrogens (tertiary/aromatic N) is 2. The van der Waals surface area contributed by atoms with E-state index in [0.717, 1.165) is 30.1 Å². The quantitative estimate of drug-likeness (QED) is 0.646. The highest BCUT2D eigenvalue weighted by Crippen LogP contribution is 2.17. The van der Waals surface area contributed by atoms with Crippen LogP contribution in [-0.4, -0.2) is 26.3 Å². The van der Waals surface area contributed by atoms with Crippen molar-refractivity contribution in [3.63, 3.8) is 0 Å². The number of nitrogens with one attached hydrogen (secondary N) is 1. The molecular weight excluding hydrogens is 262 g/mol. The highest BCUT2D eigenvalue weighted by atomic mass is 32.2. The fourth-order valence-electron chi connectivity index (χ4n) is 1.80. The average molecular weight is 279 g/mol. The Kier molecular flexibility index (Phi) is 5.01. The predicted octanol–water partition coefficient (Wildman–Crippen LogP) is 3.75. The third kappa shape index (κ3) is 3.23. The summed E-state index contributed by atoms with van der Waals surface area (Å²) >= 11 is 7.25. The molecule has 0 saturated carbocycles. The average Bonchev–Trinajstić information content (AvgIpc) is 2.77. The number of hydrogen-bond acceptors (Lipinski definition) is 3. The molecule has 1 aromatic heterocycles. The zero-order valence-electron chi connectivity index (χ0n) is 10.4. The van der Waals surface area contributed by atoms with E-state index >= 15 is 0 Å². The van der Waals surface area contributed by atoms with Crippen LogP contribution in [0.2, 0.25) is 0 Å². The van der Waals surface area contributed by atoms with Crippen LogP contribution in [0.4, 0.5) is 0 Å². The Bertz CT molecular complexity index is 531. The van der Waals surface area contributed by atoms with Gasteiger partial charge in [0.05, 0.1) is 0 Å². The lowest BCUT2D eigenvalue weighted by Gasteiger charge is -2.06. The van der Waals surface area contributed by atoms with Gasteiger partial charge in [-0.25, -0.2) is 0 Å². The van der Waals surface area contributed by atoms with Crippen LogP contribution in [0.25, 0.3) is 11.4 Å². The molecule has 0 bridgehead atoms. The second kappa shape index (κ2) is 6.75. The molecule has 0 spiro atoms. The fraction of sp³-hybridized carbons (Fsp3) is 0.385. The molecule has 0 aliphatic heterocycles. The van der Waals surface area contributed by atoms with Gasteiger partial charge in [-0.2, -0.15) is 16.9 Å². The normalized spacial score (nSPS) is 10.7. The van der Waals surface area contributed by atoms with Crippen molar-refractivity contribution in [3.05, 3.63) is 35.1 Å². The number of thioether (sulfide) groups is 1. The molecule has 0 radical (unpaired) electrons. The van der Waals surface area contributed by atoms with E-state index in [1.807, 2.05) is 30.0 Å². The molecule has 0 saturated heterocycles. The van der Waals surface area contributed by atoms with E-state index in [-0.39, 0.29) is 0 Å². The topological polar surface area (TPSA) is 33.6 Å². The minimum Gasteiger partial charge on any atom is -0.300 e. The van der Waals surface area contributed by atoms with E-state index in [1.165, 1.54) is 5.75 Å². The van der Waals surface area contributed by atoms with Gasteiger partial charge in [-0.1, -0.05) is 37.3 Å². The standard InChI is InChI=1S/C13H17N3S2/c1-2-18-10-6-9-16-12(14-15-13(16)17)11-7-4-3-5-8-11/h3-5,7-8H,2,6,9-10H2,1H3,(H,15,17). The fourth-order valence-corrected chi connectivity index (χ4v) is 2.65. The zero-order chi connectivity index (χ0) is 12.8. The van der Waals surface area contributed by atoms with Crippen LogP contribution >= 0.6 is 24.0 Å².